The number of carbonyl (C=O) groups excluding carboxylic acids is 1. The zero-order valence-electron chi connectivity index (χ0n) is 5.68. The van der Waals surface area contributed by atoms with Crippen LogP contribution in [0.4, 0.5) is 0 Å². The Morgan fingerprint density at radius 2 is 2.11 bits per heavy atom. The van der Waals surface area contributed by atoms with Crippen molar-refractivity contribution in [3.8, 4) is 0 Å². The van der Waals surface area contributed by atoms with Crippen LogP contribution in [-0.4, -0.2) is 5.91 Å². The summed E-state index contributed by atoms with van der Waals surface area (Å²) in [6.45, 7) is 3.68. The Hall–Kier alpha value is -0.500. The summed E-state index contributed by atoms with van der Waals surface area (Å²) in [7, 11) is 0. The van der Waals surface area contributed by atoms with E-state index in [1.54, 1.807) is 6.92 Å². The van der Waals surface area contributed by atoms with E-state index >= 15 is 0 Å². The van der Waals surface area contributed by atoms with Gasteiger partial charge in [0.25, 0.3) is 0 Å². The minimum Gasteiger partial charge on any atom is -0.366 e. The first-order chi connectivity index (χ1) is 3.68. The fourth-order valence-electron chi connectivity index (χ4n) is 0.407. The summed E-state index contributed by atoms with van der Waals surface area (Å²) >= 11 is 0. The van der Waals surface area contributed by atoms with Gasteiger partial charge in [0.15, 0.2) is 0 Å². The molecule has 0 spiro atoms. The summed E-state index contributed by atoms with van der Waals surface area (Å²) in [5, 5.41) is 0. The number of hydrogen-bond donors (Lipinski definition) is 1. The Bertz CT molecular complexity index is 120. The fraction of sp³-hybridized carbons (Fsp3) is 0.500. The molecule has 0 heterocycles. The van der Waals surface area contributed by atoms with E-state index in [-0.39, 0.29) is 18.3 Å². The van der Waals surface area contributed by atoms with Gasteiger partial charge in [0, 0.05) is 5.57 Å². The second-order valence-electron chi connectivity index (χ2n) is 1.66. The molecule has 3 heteroatoms. The first-order valence-corrected chi connectivity index (χ1v) is 2.65. The van der Waals surface area contributed by atoms with E-state index in [0.717, 1.165) is 6.42 Å². The van der Waals surface area contributed by atoms with E-state index in [4.69, 9.17) is 5.73 Å². The molecule has 0 saturated heterocycles. The molecule has 0 aromatic heterocycles. The molecule has 0 aromatic rings. The van der Waals surface area contributed by atoms with Crippen molar-refractivity contribution >= 4 is 18.3 Å². The Kier molecular flexibility index (Phi) is 7.08. The van der Waals surface area contributed by atoms with Crippen LogP contribution in [0.5, 0.6) is 0 Å². The monoisotopic (exact) mass is 149 g/mol. The first kappa shape index (κ1) is 11.3. The van der Waals surface area contributed by atoms with Crippen molar-refractivity contribution < 1.29 is 4.79 Å². The Labute approximate surface area is 61.5 Å². The highest BCUT2D eigenvalue weighted by atomic mass is 35.5. The molecular formula is C6H12ClNO. The Morgan fingerprint density at radius 3 is 2.22 bits per heavy atom. The highest BCUT2D eigenvalue weighted by Crippen LogP contribution is 1.91. The topological polar surface area (TPSA) is 43.1 Å². The van der Waals surface area contributed by atoms with Crippen LogP contribution >= 0.6 is 12.4 Å². The van der Waals surface area contributed by atoms with Crippen LogP contribution in [0.15, 0.2) is 11.6 Å². The van der Waals surface area contributed by atoms with Crippen LogP contribution in [-0.2, 0) is 4.79 Å². The molecule has 1 amide bonds. The Balaban J connectivity index is 0. The predicted molar refractivity (Wildman–Crippen MR) is 40.5 cm³/mol. The number of amides is 1. The van der Waals surface area contributed by atoms with Gasteiger partial charge >= 0.3 is 0 Å². The molecule has 54 valence electrons. The van der Waals surface area contributed by atoms with Gasteiger partial charge in [-0.15, -0.1) is 12.4 Å². The molecule has 0 fully saturated rings. The number of halogens is 1. The SMILES string of the molecule is CC/C=C(\C)C(N)=O.Cl. The maximum atomic E-state index is 10.2. The van der Waals surface area contributed by atoms with Gasteiger partial charge in [-0.25, -0.2) is 0 Å². The van der Waals surface area contributed by atoms with E-state index in [0.29, 0.717) is 5.57 Å². The van der Waals surface area contributed by atoms with Crippen molar-refractivity contribution in [2.24, 2.45) is 5.73 Å². The van der Waals surface area contributed by atoms with Crippen LogP contribution in [0.3, 0.4) is 0 Å². The highest BCUT2D eigenvalue weighted by Gasteiger charge is 1.91. The largest absolute Gasteiger partial charge is 0.366 e. The molecule has 0 rings (SSSR count). The zero-order valence-corrected chi connectivity index (χ0v) is 6.49. The van der Waals surface area contributed by atoms with Crippen molar-refractivity contribution in [1.82, 2.24) is 0 Å². The number of nitrogens with two attached hydrogens (primary N) is 1. The third kappa shape index (κ3) is 5.37. The average Bonchev–Trinajstić information content (AvgIpc) is 1.67. The minimum atomic E-state index is -0.327. The van der Waals surface area contributed by atoms with E-state index in [1.165, 1.54) is 0 Å². The van der Waals surface area contributed by atoms with Crippen molar-refractivity contribution in [2.45, 2.75) is 20.3 Å². The Morgan fingerprint density at radius 1 is 1.67 bits per heavy atom. The zero-order chi connectivity index (χ0) is 6.57. The van der Waals surface area contributed by atoms with Crippen molar-refractivity contribution in [1.29, 1.82) is 0 Å². The summed E-state index contributed by atoms with van der Waals surface area (Å²) < 4.78 is 0. The summed E-state index contributed by atoms with van der Waals surface area (Å²) in [5.41, 5.74) is 5.56. The second kappa shape index (κ2) is 5.63. The number of primary amides is 1. The molecule has 0 aromatic carbocycles. The number of rotatable bonds is 2. The van der Waals surface area contributed by atoms with Crippen molar-refractivity contribution in [2.75, 3.05) is 0 Å². The number of allylic oxidation sites excluding steroid dienone is 1. The molecule has 0 radical (unpaired) electrons. The standard InChI is InChI=1S/C6H11NO.ClH/c1-3-4-5(2)6(7)8;/h4H,3H2,1-2H3,(H2,7,8);1H/b5-4+;. The van der Waals surface area contributed by atoms with E-state index < -0.39 is 0 Å². The maximum absolute atomic E-state index is 10.2. The highest BCUT2D eigenvalue weighted by molar-refractivity contribution is 5.91. The van der Waals surface area contributed by atoms with Crippen LogP contribution in [0, 0.1) is 0 Å². The minimum absolute atomic E-state index is 0. The van der Waals surface area contributed by atoms with Gasteiger partial charge in [-0.05, 0) is 13.3 Å². The lowest BCUT2D eigenvalue weighted by Gasteiger charge is -1.88. The molecule has 2 nitrogen and oxygen atoms in total. The third-order valence-electron chi connectivity index (χ3n) is 0.899. The van der Waals surface area contributed by atoms with Gasteiger partial charge in [-0.2, -0.15) is 0 Å². The van der Waals surface area contributed by atoms with Gasteiger partial charge < -0.3 is 5.73 Å². The van der Waals surface area contributed by atoms with Gasteiger partial charge in [-0.1, -0.05) is 13.0 Å². The van der Waals surface area contributed by atoms with E-state index in [2.05, 4.69) is 0 Å². The normalized spacial score (nSPS) is 10.2. The molecule has 0 saturated carbocycles. The number of carbonyl (C=O) groups is 1. The third-order valence-corrected chi connectivity index (χ3v) is 0.899. The first-order valence-electron chi connectivity index (χ1n) is 2.65. The molecule has 9 heavy (non-hydrogen) atoms. The van der Waals surface area contributed by atoms with Crippen LogP contribution in [0.25, 0.3) is 0 Å². The van der Waals surface area contributed by atoms with Crippen LogP contribution < -0.4 is 5.73 Å². The van der Waals surface area contributed by atoms with Gasteiger partial charge in [0.05, 0.1) is 0 Å². The molecule has 0 atom stereocenters. The van der Waals surface area contributed by atoms with E-state index in [1.807, 2.05) is 13.0 Å². The smallest absolute Gasteiger partial charge is 0.244 e. The summed E-state index contributed by atoms with van der Waals surface area (Å²) in [5.74, 6) is -0.327. The molecule has 0 unspecified atom stereocenters. The lowest BCUT2D eigenvalue weighted by atomic mass is 10.2. The summed E-state index contributed by atoms with van der Waals surface area (Å²) in [6, 6.07) is 0. The molecule has 2 N–H and O–H groups in total. The maximum Gasteiger partial charge on any atom is 0.244 e. The fourth-order valence-corrected chi connectivity index (χ4v) is 0.407. The number of hydrogen-bond acceptors (Lipinski definition) is 1. The summed E-state index contributed by atoms with van der Waals surface area (Å²) in [6.07, 6.45) is 2.68. The lowest BCUT2D eigenvalue weighted by molar-refractivity contribution is -0.114. The summed E-state index contributed by atoms with van der Waals surface area (Å²) in [4.78, 5) is 10.2. The lowest BCUT2D eigenvalue weighted by Crippen LogP contribution is -2.11. The molecule has 0 bridgehead atoms. The predicted octanol–water partition coefficient (Wildman–Crippen LogP) is 1.25. The van der Waals surface area contributed by atoms with Crippen molar-refractivity contribution in [3.63, 3.8) is 0 Å². The van der Waals surface area contributed by atoms with Gasteiger partial charge in [0.1, 0.15) is 0 Å². The van der Waals surface area contributed by atoms with Crippen LogP contribution in [0.2, 0.25) is 0 Å². The van der Waals surface area contributed by atoms with Gasteiger partial charge in [-0.3, -0.25) is 4.79 Å². The molecule has 0 aliphatic rings. The van der Waals surface area contributed by atoms with E-state index in [9.17, 15) is 4.79 Å². The quantitative estimate of drug-likeness (QED) is 0.590. The second-order valence-corrected chi connectivity index (χ2v) is 1.66. The van der Waals surface area contributed by atoms with Gasteiger partial charge in [0.2, 0.25) is 5.91 Å². The molecular weight excluding hydrogens is 138 g/mol. The average molecular weight is 150 g/mol. The van der Waals surface area contributed by atoms with Crippen LogP contribution in [0.1, 0.15) is 20.3 Å². The van der Waals surface area contributed by atoms with Crippen molar-refractivity contribution in [3.05, 3.63) is 11.6 Å². The molecule has 0 aliphatic heterocycles. The molecule has 0 aliphatic carbocycles.